The Hall–Kier alpha value is -1.10. The fourth-order valence-corrected chi connectivity index (χ4v) is 3.78. The summed E-state index contributed by atoms with van der Waals surface area (Å²) in [5, 5.41) is 0. The highest BCUT2D eigenvalue weighted by Crippen LogP contribution is 2.38. The summed E-state index contributed by atoms with van der Waals surface area (Å²) in [7, 11) is 3.52. The number of hydrogen-bond acceptors (Lipinski definition) is 3. The topological polar surface area (TPSA) is 66.6 Å². The van der Waals surface area contributed by atoms with Gasteiger partial charge in [0.05, 0.1) is 5.41 Å². The molecule has 1 unspecified atom stereocenters. The summed E-state index contributed by atoms with van der Waals surface area (Å²) in [6, 6.07) is -0.279. The summed E-state index contributed by atoms with van der Waals surface area (Å²) in [5.74, 6) is 0.172. The third-order valence-electron chi connectivity index (χ3n) is 5.14. The van der Waals surface area contributed by atoms with Crippen molar-refractivity contribution in [2.45, 2.75) is 57.4 Å². The predicted molar refractivity (Wildman–Crippen MR) is 82.6 cm³/mol. The van der Waals surface area contributed by atoms with E-state index in [-0.39, 0.29) is 17.9 Å². The monoisotopic (exact) mass is 295 g/mol. The van der Waals surface area contributed by atoms with Gasteiger partial charge in [-0.25, -0.2) is 0 Å². The lowest BCUT2D eigenvalue weighted by Crippen LogP contribution is -2.53. The minimum atomic E-state index is -0.425. The Morgan fingerprint density at radius 3 is 2.29 bits per heavy atom. The molecule has 0 spiro atoms. The molecule has 0 aromatic rings. The van der Waals surface area contributed by atoms with Gasteiger partial charge in [0.1, 0.15) is 6.04 Å². The summed E-state index contributed by atoms with van der Waals surface area (Å²) < 4.78 is 0. The lowest BCUT2D eigenvalue weighted by Gasteiger charge is -2.37. The summed E-state index contributed by atoms with van der Waals surface area (Å²) >= 11 is 0. The molecule has 2 rings (SSSR count). The van der Waals surface area contributed by atoms with E-state index in [4.69, 9.17) is 5.73 Å². The number of amides is 2. The van der Waals surface area contributed by atoms with Crippen LogP contribution in [0.2, 0.25) is 0 Å². The quantitative estimate of drug-likeness (QED) is 0.800. The maximum Gasteiger partial charge on any atom is 0.244 e. The van der Waals surface area contributed by atoms with E-state index in [2.05, 4.69) is 0 Å². The van der Waals surface area contributed by atoms with Crippen molar-refractivity contribution in [3.63, 3.8) is 0 Å². The van der Waals surface area contributed by atoms with Crippen LogP contribution < -0.4 is 5.73 Å². The van der Waals surface area contributed by atoms with Crippen LogP contribution in [0.15, 0.2) is 0 Å². The zero-order valence-electron chi connectivity index (χ0n) is 13.4. The highest BCUT2D eigenvalue weighted by Gasteiger charge is 2.45. The second kappa shape index (κ2) is 6.77. The second-order valence-corrected chi connectivity index (χ2v) is 6.79. The first-order chi connectivity index (χ1) is 10.0. The molecule has 1 aliphatic heterocycles. The smallest absolute Gasteiger partial charge is 0.244 e. The van der Waals surface area contributed by atoms with E-state index in [1.807, 2.05) is 4.90 Å². The average Bonchev–Trinajstić information content (AvgIpc) is 2.83. The summed E-state index contributed by atoms with van der Waals surface area (Å²) in [5.41, 5.74) is 5.59. The zero-order valence-corrected chi connectivity index (χ0v) is 13.4. The largest absolute Gasteiger partial charge is 0.347 e. The van der Waals surface area contributed by atoms with E-state index >= 15 is 0 Å². The number of nitrogens with two attached hydrogens (primary N) is 1. The van der Waals surface area contributed by atoms with Crippen LogP contribution in [0.5, 0.6) is 0 Å². The van der Waals surface area contributed by atoms with Crippen LogP contribution in [-0.4, -0.2) is 54.8 Å². The van der Waals surface area contributed by atoms with Gasteiger partial charge in [0.2, 0.25) is 11.8 Å². The number of likely N-dealkylation sites (N-methyl/N-ethyl adjacent to an activating group) is 1. The molecule has 5 heteroatoms. The van der Waals surface area contributed by atoms with Gasteiger partial charge in [-0.1, -0.05) is 25.7 Å². The van der Waals surface area contributed by atoms with Crippen molar-refractivity contribution in [3.8, 4) is 0 Å². The Balaban J connectivity index is 2.18. The molecule has 2 N–H and O–H groups in total. The molecule has 2 aliphatic rings. The van der Waals surface area contributed by atoms with Crippen molar-refractivity contribution < 1.29 is 9.59 Å². The lowest BCUT2D eigenvalue weighted by molar-refractivity contribution is -0.149. The Morgan fingerprint density at radius 2 is 1.76 bits per heavy atom. The molecule has 120 valence electrons. The second-order valence-electron chi connectivity index (χ2n) is 6.79. The molecule has 1 atom stereocenters. The third kappa shape index (κ3) is 3.23. The standard InChI is InChI=1S/C16H29N3O2/c1-18(2)14(20)13-8-7-11-19(13)15(21)16(12-17)9-5-3-4-6-10-16/h13H,3-12,17H2,1-2H3. The minimum absolute atomic E-state index is 0.0432. The number of rotatable bonds is 3. The normalized spacial score (nSPS) is 25.5. The van der Waals surface area contributed by atoms with Crippen molar-refractivity contribution in [1.29, 1.82) is 0 Å². The highest BCUT2D eigenvalue weighted by molar-refractivity contribution is 5.90. The van der Waals surface area contributed by atoms with E-state index in [1.165, 1.54) is 12.8 Å². The van der Waals surface area contributed by atoms with Crippen molar-refractivity contribution >= 4 is 11.8 Å². The molecule has 1 saturated heterocycles. The molecule has 2 fully saturated rings. The average molecular weight is 295 g/mol. The first kappa shape index (κ1) is 16.3. The fraction of sp³-hybridized carbons (Fsp3) is 0.875. The van der Waals surface area contributed by atoms with Gasteiger partial charge in [-0.15, -0.1) is 0 Å². The molecular formula is C16H29N3O2. The molecule has 1 aliphatic carbocycles. The van der Waals surface area contributed by atoms with E-state index in [0.29, 0.717) is 13.1 Å². The van der Waals surface area contributed by atoms with Gasteiger partial charge in [0, 0.05) is 27.2 Å². The van der Waals surface area contributed by atoms with Crippen LogP contribution in [0, 0.1) is 5.41 Å². The Morgan fingerprint density at radius 1 is 1.14 bits per heavy atom. The van der Waals surface area contributed by atoms with Crippen LogP contribution in [0.1, 0.15) is 51.4 Å². The molecule has 1 heterocycles. The summed E-state index contributed by atoms with van der Waals surface area (Å²) in [4.78, 5) is 28.8. The van der Waals surface area contributed by atoms with E-state index in [9.17, 15) is 9.59 Å². The Bertz CT molecular complexity index is 387. The molecule has 5 nitrogen and oxygen atoms in total. The van der Waals surface area contributed by atoms with Gasteiger partial charge in [0.25, 0.3) is 0 Å². The van der Waals surface area contributed by atoms with Crippen LogP contribution in [0.25, 0.3) is 0 Å². The van der Waals surface area contributed by atoms with Crippen LogP contribution in [-0.2, 0) is 9.59 Å². The number of carbonyl (C=O) groups is 2. The van der Waals surface area contributed by atoms with Gasteiger partial charge >= 0.3 is 0 Å². The van der Waals surface area contributed by atoms with Gasteiger partial charge in [-0.05, 0) is 25.7 Å². The number of likely N-dealkylation sites (tertiary alicyclic amines) is 1. The molecule has 0 aromatic heterocycles. The predicted octanol–water partition coefficient (Wildman–Crippen LogP) is 1.36. The Labute approximate surface area is 127 Å². The van der Waals surface area contributed by atoms with Gasteiger partial charge in [-0.3, -0.25) is 9.59 Å². The van der Waals surface area contributed by atoms with Crippen molar-refractivity contribution in [1.82, 2.24) is 9.80 Å². The molecule has 21 heavy (non-hydrogen) atoms. The zero-order chi connectivity index (χ0) is 15.5. The summed E-state index contributed by atoms with van der Waals surface area (Å²) in [6.45, 7) is 1.11. The third-order valence-corrected chi connectivity index (χ3v) is 5.14. The number of carbonyl (C=O) groups excluding carboxylic acids is 2. The molecule has 0 aromatic carbocycles. The van der Waals surface area contributed by atoms with Crippen LogP contribution >= 0.6 is 0 Å². The molecule has 2 amide bonds. The van der Waals surface area contributed by atoms with E-state index in [1.54, 1.807) is 19.0 Å². The van der Waals surface area contributed by atoms with Gasteiger partial charge in [0.15, 0.2) is 0 Å². The first-order valence-corrected chi connectivity index (χ1v) is 8.24. The molecule has 0 bridgehead atoms. The maximum atomic E-state index is 13.1. The number of nitrogens with zero attached hydrogens (tertiary/aromatic N) is 2. The van der Waals surface area contributed by atoms with Crippen LogP contribution in [0.4, 0.5) is 0 Å². The van der Waals surface area contributed by atoms with Crippen molar-refractivity contribution in [3.05, 3.63) is 0 Å². The molecular weight excluding hydrogens is 266 g/mol. The van der Waals surface area contributed by atoms with Crippen molar-refractivity contribution in [2.75, 3.05) is 27.2 Å². The summed E-state index contributed by atoms with van der Waals surface area (Å²) in [6.07, 6.45) is 7.97. The first-order valence-electron chi connectivity index (χ1n) is 8.24. The van der Waals surface area contributed by atoms with Gasteiger partial charge < -0.3 is 15.5 Å². The highest BCUT2D eigenvalue weighted by atomic mass is 16.2. The van der Waals surface area contributed by atoms with Gasteiger partial charge in [-0.2, -0.15) is 0 Å². The molecule has 1 saturated carbocycles. The van der Waals surface area contributed by atoms with E-state index in [0.717, 1.165) is 38.5 Å². The van der Waals surface area contributed by atoms with E-state index < -0.39 is 5.41 Å². The maximum absolute atomic E-state index is 13.1. The van der Waals surface area contributed by atoms with Crippen molar-refractivity contribution in [2.24, 2.45) is 11.1 Å². The van der Waals surface area contributed by atoms with Crippen LogP contribution in [0.3, 0.4) is 0 Å². The fourth-order valence-electron chi connectivity index (χ4n) is 3.78. The Kier molecular flexibility index (Phi) is 5.25. The number of hydrogen-bond donors (Lipinski definition) is 1. The molecule has 0 radical (unpaired) electrons. The lowest BCUT2D eigenvalue weighted by atomic mass is 9.78. The minimum Gasteiger partial charge on any atom is -0.347 e. The SMILES string of the molecule is CN(C)C(=O)C1CCCN1C(=O)C1(CN)CCCCCC1.